The summed E-state index contributed by atoms with van der Waals surface area (Å²) in [4.78, 5) is 11.6. The zero-order valence-corrected chi connectivity index (χ0v) is 12.5. The Labute approximate surface area is 117 Å². The first-order valence-electron chi connectivity index (χ1n) is 7.23. The first-order valence-corrected chi connectivity index (χ1v) is 7.23. The van der Waals surface area contributed by atoms with Gasteiger partial charge in [0.2, 0.25) is 0 Å². The summed E-state index contributed by atoms with van der Waals surface area (Å²) in [6.07, 6.45) is 6.19. The Morgan fingerprint density at radius 2 is 2.16 bits per heavy atom. The molecule has 4 heteroatoms. The van der Waals surface area contributed by atoms with Crippen LogP contribution in [0.25, 0.3) is 0 Å². The number of ether oxygens (including phenoxy) is 1. The van der Waals surface area contributed by atoms with Gasteiger partial charge < -0.3 is 15.4 Å². The van der Waals surface area contributed by atoms with E-state index in [9.17, 15) is 4.79 Å². The summed E-state index contributed by atoms with van der Waals surface area (Å²) < 4.78 is 5.25. The fraction of sp³-hybridized carbons (Fsp3) is 0.800. The molecule has 1 aliphatic rings. The predicted molar refractivity (Wildman–Crippen MR) is 78.2 cm³/mol. The van der Waals surface area contributed by atoms with E-state index in [-0.39, 0.29) is 6.09 Å². The Morgan fingerprint density at radius 1 is 1.42 bits per heavy atom. The largest absolute Gasteiger partial charge is 0.444 e. The van der Waals surface area contributed by atoms with Gasteiger partial charge in [0.1, 0.15) is 5.60 Å². The van der Waals surface area contributed by atoms with E-state index >= 15 is 0 Å². The van der Waals surface area contributed by atoms with Crippen LogP contribution in [0.3, 0.4) is 0 Å². The van der Waals surface area contributed by atoms with Crippen LogP contribution in [-0.2, 0) is 4.74 Å². The molecule has 0 aliphatic heterocycles. The van der Waals surface area contributed by atoms with E-state index in [1.807, 2.05) is 26.8 Å². The second-order valence-corrected chi connectivity index (χ2v) is 6.21. The lowest BCUT2D eigenvalue weighted by Gasteiger charge is -2.23. The molecule has 0 radical (unpaired) electrons. The van der Waals surface area contributed by atoms with E-state index in [4.69, 9.17) is 4.74 Å². The highest BCUT2D eigenvalue weighted by atomic mass is 16.6. The summed E-state index contributed by atoms with van der Waals surface area (Å²) >= 11 is 0. The van der Waals surface area contributed by atoms with E-state index < -0.39 is 5.60 Å². The van der Waals surface area contributed by atoms with E-state index in [2.05, 4.69) is 17.2 Å². The lowest BCUT2D eigenvalue weighted by atomic mass is 10.0. The van der Waals surface area contributed by atoms with Gasteiger partial charge in [0.15, 0.2) is 0 Å². The van der Waals surface area contributed by atoms with Crippen LogP contribution in [0, 0.1) is 5.92 Å². The third-order valence-electron chi connectivity index (χ3n) is 3.32. The molecule has 0 aromatic carbocycles. The van der Waals surface area contributed by atoms with Crippen LogP contribution in [0.2, 0.25) is 0 Å². The number of rotatable bonds is 6. The molecule has 1 rings (SSSR count). The Bertz CT molecular complexity index is 297. The number of nitrogens with one attached hydrogen (secondary N) is 2. The molecule has 0 saturated heterocycles. The zero-order chi connectivity index (χ0) is 14.3. The highest BCUT2D eigenvalue weighted by molar-refractivity contribution is 5.67. The Hall–Kier alpha value is -1.03. The van der Waals surface area contributed by atoms with Crippen LogP contribution in [0.4, 0.5) is 4.79 Å². The maximum atomic E-state index is 11.6. The first-order chi connectivity index (χ1) is 8.92. The fourth-order valence-electron chi connectivity index (χ4n) is 2.45. The van der Waals surface area contributed by atoms with Gasteiger partial charge >= 0.3 is 6.09 Å². The van der Waals surface area contributed by atoms with Gasteiger partial charge in [-0.3, -0.25) is 0 Å². The number of carbonyl (C=O) groups is 1. The number of carbonyl (C=O) groups excluding carboxylic acids is 1. The summed E-state index contributed by atoms with van der Waals surface area (Å²) in [6, 6.07) is 0.509. The van der Waals surface area contributed by atoms with Gasteiger partial charge in [0.05, 0.1) is 0 Å². The van der Waals surface area contributed by atoms with Crippen LogP contribution in [-0.4, -0.2) is 30.8 Å². The Balaban J connectivity index is 2.27. The molecule has 0 aromatic rings. The lowest BCUT2D eigenvalue weighted by molar-refractivity contribution is 0.0517. The topological polar surface area (TPSA) is 50.4 Å². The summed E-state index contributed by atoms with van der Waals surface area (Å²) in [5.41, 5.74) is -0.429. The minimum absolute atomic E-state index is 0.316. The minimum Gasteiger partial charge on any atom is -0.444 e. The zero-order valence-electron chi connectivity index (χ0n) is 12.5. The number of hydrogen-bond acceptors (Lipinski definition) is 3. The molecule has 0 bridgehead atoms. The van der Waals surface area contributed by atoms with Crippen molar-refractivity contribution in [1.29, 1.82) is 0 Å². The number of alkyl carbamates (subject to hydrolysis) is 1. The van der Waals surface area contributed by atoms with Crippen molar-refractivity contribution in [3.63, 3.8) is 0 Å². The summed E-state index contributed by atoms with van der Waals surface area (Å²) in [5, 5.41) is 6.42. The standard InChI is InChI=1S/C15H28N2O2/c1-5-6-10-16-13-9-7-8-12(13)11-17-14(18)19-15(2,3)4/h5,12-13,16H,1,6-11H2,2-4H3,(H,17,18). The van der Waals surface area contributed by atoms with Crippen LogP contribution >= 0.6 is 0 Å². The Morgan fingerprint density at radius 3 is 2.79 bits per heavy atom. The van der Waals surface area contributed by atoms with Crippen molar-refractivity contribution in [2.75, 3.05) is 13.1 Å². The van der Waals surface area contributed by atoms with Crippen LogP contribution in [0.1, 0.15) is 46.5 Å². The average Bonchev–Trinajstić information content (AvgIpc) is 2.72. The van der Waals surface area contributed by atoms with Crippen LogP contribution in [0.15, 0.2) is 12.7 Å². The second-order valence-electron chi connectivity index (χ2n) is 6.21. The molecule has 0 heterocycles. The molecule has 110 valence electrons. The number of amides is 1. The van der Waals surface area contributed by atoms with Gasteiger partial charge in [-0.15, -0.1) is 6.58 Å². The molecule has 19 heavy (non-hydrogen) atoms. The molecule has 2 N–H and O–H groups in total. The van der Waals surface area contributed by atoms with Gasteiger partial charge in [-0.05, 0) is 52.5 Å². The summed E-state index contributed by atoms with van der Waals surface area (Å²) in [7, 11) is 0. The molecule has 1 amide bonds. The lowest BCUT2D eigenvalue weighted by Crippen LogP contribution is -2.41. The average molecular weight is 268 g/mol. The van der Waals surface area contributed by atoms with Crippen molar-refractivity contribution in [3.05, 3.63) is 12.7 Å². The maximum absolute atomic E-state index is 11.6. The van der Waals surface area contributed by atoms with Crippen molar-refractivity contribution in [2.24, 2.45) is 5.92 Å². The molecule has 1 aliphatic carbocycles. The maximum Gasteiger partial charge on any atom is 0.407 e. The highest BCUT2D eigenvalue weighted by Gasteiger charge is 2.27. The minimum atomic E-state index is -0.429. The highest BCUT2D eigenvalue weighted by Crippen LogP contribution is 2.25. The van der Waals surface area contributed by atoms with E-state index in [1.165, 1.54) is 19.3 Å². The van der Waals surface area contributed by atoms with Crippen molar-refractivity contribution in [3.8, 4) is 0 Å². The van der Waals surface area contributed by atoms with E-state index in [0.717, 1.165) is 13.0 Å². The summed E-state index contributed by atoms with van der Waals surface area (Å²) in [6.45, 7) is 11.0. The smallest absolute Gasteiger partial charge is 0.407 e. The normalized spacial score (nSPS) is 23.1. The van der Waals surface area contributed by atoms with Crippen molar-refractivity contribution in [2.45, 2.75) is 58.1 Å². The third kappa shape index (κ3) is 6.62. The van der Waals surface area contributed by atoms with Gasteiger partial charge in [0, 0.05) is 12.6 Å². The second kappa shape index (κ2) is 7.53. The molecule has 2 unspecified atom stereocenters. The van der Waals surface area contributed by atoms with E-state index in [0.29, 0.717) is 18.5 Å². The number of hydrogen-bond donors (Lipinski definition) is 2. The van der Waals surface area contributed by atoms with Gasteiger partial charge in [-0.1, -0.05) is 12.5 Å². The van der Waals surface area contributed by atoms with Gasteiger partial charge in [-0.2, -0.15) is 0 Å². The van der Waals surface area contributed by atoms with E-state index in [1.54, 1.807) is 0 Å². The molecule has 0 aromatic heterocycles. The van der Waals surface area contributed by atoms with Gasteiger partial charge in [-0.25, -0.2) is 4.79 Å². The molecule has 1 fully saturated rings. The van der Waals surface area contributed by atoms with Crippen LogP contribution < -0.4 is 10.6 Å². The monoisotopic (exact) mass is 268 g/mol. The van der Waals surface area contributed by atoms with Crippen LogP contribution in [0.5, 0.6) is 0 Å². The molecule has 4 nitrogen and oxygen atoms in total. The molecule has 1 saturated carbocycles. The van der Waals surface area contributed by atoms with Crippen molar-refractivity contribution in [1.82, 2.24) is 10.6 Å². The summed E-state index contributed by atoms with van der Waals surface area (Å²) in [5.74, 6) is 0.511. The van der Waals surface area contributed by atoms with Crippen molar-refractivity contribution >= 4 is 6.09 Å². The molecule has 2 atom stereocenters. The molecular formula is C15H28N2O2. The SMILES string of the molecule is C=CCCNC1CCCC1CNC(=O)OC(C)(C)C. The third-order valence-corrected chi connectivity index (χ3v) is 3.32. The molecular weight excluding hydrogens is 240 g/mol. The van der Waals surface area contributed by atoms with Crippen molar-refractivity contribution < 1.29 is 9.53 Å². The quantitative estimate of drug-likeness (QED) is 0.575. The van der Waals surface area contributed by atoms with Gasteiger partial charge in [0.25, 0.3) is 0 Å². The first kappa shape index (κ1) is 16.0. The molecule has 0 spiro atoms. The Kier molecular flexibility index (Phi) is 6.35. The fourth-order valence-corrected chi connectivity index (χ4v) is 2.45. The predicted octanol–water partition coefficient (Wildman–Crippen LogP) is 2.85.